The average molecular weight is 193 g/mol. The minimum atomic E-state index is -0.258. The molecule has 1 heterocycles. The van der Waals surface area contributed by atoms with Gasteiger partial charge >= 0.3 is 0 Å². The Hall–Kier alpha value is -1.83. The van der Waals surface area contributed by atoms with Gasteiger partial charge in [0.2, 0.25) is 0 Å². The molecule has 0 radical (unpaired) electrons. The van der Waals surface area contributed by atoms with Crippen LogP contribution in [-0.4, -0.2) is 17.1 Å². The molecule has 1 rings (SSSR count). The van der Waals surface area contributed by atoms with Gasteiger partial charge in [0.05, 0.1) is 18.7 Å². The van der Waals surface area contributed by atoms with Gasteiger partial charge in [0.15, 0.2) is 0 Å². The van der Waals surface area contributed by atoms with E-state index in [9.17, 15) is 4.79 Å². The Bertz CT molecular complexity index is 364. The third kappa shape index (κ3) is 2.33. The van der Waals surface area contributed by atoms with Gasteiger partial charge in [-0.2, -0.15) is 5.26 Å². The summed E-state index contributed by atoms with van der Waals surface area (Å²) in [5, 5.41) is 14.6. The van der Waals surface area contributed by atoms with E-state index < -0.39 is 0 Å². The molecule has 14 heavy (non-hydrogen) atoms. The number of carbonyl (C=O) groups excluding carboxylic acids is 1. The van der Waals surface area contributed by atoms with Crippen LogP contribution in [0.5, 0.6) is 0 Å². The Kier molecular flexibility index (Phi) is 3.24. The van der Waals surface area contributed by atoms with Crippen molar-refractivity contribution in [2.24, 2.45) is 0 Å². The smallest absolute Gasteiger partial charge is 0.256 e. The highest BCUT2D eigenvalue weighted by Crippen LogP contribution is 2.05. The van der Waals surface area contributed by atoms with E-state index in [4.69, 9.17) is 9.78 Å². The van der Waals surface area contributed by atoms with Crippen molar-refractivity contribution in [1.29, 1.82) is 5.26 Å². The number of aryl methyl sites for hydroxylation is 1. The second-order valence-electron chi connectivity index (χ2n) is 3.03. The highest BCUT2D eigenvalue weighted by atomic mass is 16.5. The standard InChI is InChI=1S/C9H11N3O2/c1-6(3-4-10)12-9(13)8-5-11-14-7(8)2/h5-6H,3H2,1-2H3,(H,12,13). The number of nitrogens with zero attached hydrogens (tertiary/aromatic N) is 2. The van der Waals surface area contributed by atoms with Crippen LogP contribution < -0.4 is 5.32 Å². The van der Waals surface area contributed by atoms with Gasteiger partial charge in [-0.3, -0.25) is 4.79 Å². The second kappa shape index (κ2) is 4.42. The van der Waals surface area contributed by atoms with Crippen LogP contribution in [0.1, 0.15) is 29.5 Å². The molecule has 1 amide bonds. The predicted molar refractivity (Wildman–Crippen MR) is 48.4 cm³/mol. The summed E-state index contributed by atoms with van der Waals surface area (Å²) in [6, 6.07) is 1.81. The van der Waals surface area contributed by atoms with Crippen molar-refractivity contribution in [3.63, 3.8) is 0 Å². The first-order chi connectivity index (χ1) is 6.65. The van der Waals surface area contributed by atoms with Crippen molar-refractivity contribution >= 4 is 5.91 Å². The molecule has 0 aliphatic rings. The van der Waals surface area contributed by atoms with Crippen LogP contribution in [0.25, 0.3) is 0 Å². The van der Waals surface area contributed by atoms with E-state index in [1.807, 2.05) is 6.07 Å². The Morgan fingerprint density at radius 3 is 3.07 bits per heavy atom. The number of carbonyl (C=O) groups is 1. The first-order valence-electron chi connectivity index (χ1n) is 4.24. The molecule has 0 saturated heterocycles. The summed E-state index contributed by atoms with van der Waals surface area (Å²) >= 11 is 0. The predicted octanol–water partition coefficient (Wildman–Crippen LogP) is 1.01. The van der Waals surface area contributed by atoms with Crippen LogP contribution in [0, 0.1) is 18.3 Å². The summed E-state index contributed by atoms with van der Waals surface area (Å²) in [5.74, 6) is 0.221. The van der Waals surface area contributed by atoms with Gasteiger partial charge in [0.1, 0.15) is 11.3 Å². The van der Waals surface area contributed by atoms with Crippen molar-refractivity contribution in [3.05, 3.63) is 17.5 Å². The highest BCUT2D eigenvalue weighted by Gasteiger charge is 2.14. The molecule has 1 aromatic heterocycles. The lowest BCUT2D eigenvalue weighted by Crippen LogP contribution is -2.32. The van der Waals surface area contributed by atoms with E-state index in [1.165, 1.54) is 6.20 Å². The lowest BCUT2D eigenvalue weighted by atomic mass is 10.2. The molecule has 1 unspecified atom stereocenters. The first kappa shape index (κ1) is 10.3. The molecule has 1 N–H and O–H groups in total. The van der Waals surface area contributed by atoms with E-state index in [2.05, 4.69) is 10.5 Å². The van der Waals surface area contributed by atoms with E-state index in [1.54, 1.807) is 13.8 Å². The number of hydrogen-bond donors (Lipinski definition) is 1. The van der Waals surface area contributed by atoms with Gasteiger partial charge in [-0.25, -0.2) is 0 Å². The Morgan fingerprint density at radius 2 is 2.57 bits per heavy atom. The molecule has 0 aliphatic carbocycles. The highest BCUT2D eigenvalue weighted by molar-refractivity contribution is 5.94. The van der Waals surface area contributed by atoms with Crippen molar-refractivity contribution in [2.75, 3.05) is 0 Å². The zero-order valence-corrected chi connectivity index (χ0v) is 8.07. The lowest BCUT2D eigenvalue weighted by Gasteiger charge is -2.08. The first-order valence-corrected chi connectivity index (χ1v) is 4.24. The van der Waals surface area contributed by atoms with Crippen LogP contribution in [0.4, 0.5) is 0 Å². The molecule has 0 aliphatic heterocycles. The summed E-state index contributed by atoms with van der Waals surface area (Å²) in [5.41, 5.74) is 0.412. The zero-order chi connectivity index (χ0) is 10.6. The van der Waals surface area contributed by atoms with Gasteiger partial charge in [0, 0.05) is 6.04 Å². The molecular formula is C9H11N3O2. The van der Waals surface area contributed by atoms with Gasteiger partial charge in [-0.05, 0) is 13.8 Å². The fourth-order valence-electron chi connectivity index (χ4n) is 1.01. The van der Waals surface area contributed by atoms with Crippen molar-refractivity contribution in [3.8, 4) is 6.07 Å². The summed E-state index contributed by atoms with van der Waals surface area (Å²) in [4.78, 5) is 11.5. The van der Waals surface area contributed by atoms with E-state index in [0.29, 0.717) is 11.3 Å². The SMILES string of the molecule is Cc1oncc1C(=O)NC(C)CC#N. The Morgan fingerprint density at radius 1 is 1.86 bits per heavy atom. The second-order valence-corrected chi connectivity index (χ2v) is 3.03. The van der Waals surface area contributed by atoms with Gasteiger partial charge < -0.3 is 9.84 Å². The molecule has 0 aromatic carbocycles. The quantitative estimate of drug-likeness (QED) is 0.777. The number of hydrogen-bond acceptors (Lipinski definition) is 4. The fraction of sp³-hybridized carbons (Fsp3) is 0.444. The van der Waals surface area contributed by atoms with E-state index in [-0.39, 0.29) is 18.4 Å². The maximum Gasteiger partial charge on any atom is 0.256 e. The number of rotatable bonds is 3. The van der Waals surface area contributed by atoms with E-state index >= 15 is 0 Å². The maximum absolute atomic E-state index is 11.5. The Balaban J connectivity index is 2.60. The molecule has 0 bridgehead atoms. The number of nitriles is 1. The minimum absolute atomic E-state index is 0.165. The third-order valence-electron chi connectivity index (χ3n) is 1.77. The fourth-order valence-corrected chi connectivity index (χ4v) is 1.01. The molecule has 0 spiro atoms. The molecule has 1 aromatic rings. The topological polar surface area (TPSA) is 78.9 Å². The third-order valence-corrected chi connectivity index (χ3v) is 1.77. The molecule has 0 saturated carbocycles. The summed E-state index contributed by atoms with van der Waals surface area (Å²) < 4.78 is 4.75. The average Bonchev–Trinajstić information content (AvgIpc) is 2.51. The largest absolute Gasteiger partial charge is 0.361 e. The normalized spacial score (nSPS) is 11.8. The van der Waals surface area contributed by atoms with Crippen LogP contribution in [0.15, 0.2) is 10.7 Å². The van der Waals surface area contributed by atoms with E-state index in [0.717, 1.165) is 0 Å². The number of aromatic nitrogens is 1. The summed E-state index contributed by atoms with van der Waals surface area (Å²) in [7, 11) is 0. The molecule has 0 fully saturated rings. The molecular weight excluding hydrogens is 182 g/mol. The molecule has 5 heteroatoms. The van der Waals surface area contributed by atoms with Gasteiger partial charge in [-0.15, -0.1) is 0 Å². The van der Waals surface area contributed by atoms with Crippen LogP contribution in [0.3, 0.4) is 0 Å². The van der Waals surface area contributed by atoms with Crippen LogP contribution in [-0.2, 0) is 0 Å². The van der Waals surface area contributed by atoms with Crippen molar-refractivity contribution in [2.45, 2.75) is 26.3 Å². The van der Waals surface area contributed by atoms with Crippen molar-refractivity contribution in [1.82, 2.24) is 10.5 Å². The van der Waals surface area contributed by atoms with Gasteiger partial charge in [0.25, 0.3) is 5.91 Å². The number of amides is 1. The minimum Gasteiger partial charge on any atom is -0.361 e. The number of nitrogens with one attached hydrogen (secondary N) is 1. The van der Waals surface area contributed by atoms with Gasteiger partial charge in [-0.1, -0.05) is 5.16 Å². The molecule has 1 atom stereocenters. The van der Waals surface area contributed by atoms with Crippen LogP contribution >= 0.6 is 0 Å². The summed E-state index contributed by atoms with van der Waals surface area (Å²) in [6.07, 6.45) is 1.65. The zero-order valence-electron chi connectivity index (χ0n) is 8.07. The molecule has 74 valence electrons. The van der Waals surface area contributed by atoms with Crippen LogP contribution in [0.2, 0.25) is 0 Å². The monoisotopic (exact) mass is 193 g/mol. The maximum atomic E-state index is 11.5. The van der Waals surface area contributed by atoms with Crippen molar-refractivity contribution < 1.29 is 9.32 Å². The lowest BCUT2D eigenvalue weighted by molar-refractivity contribution is 0.0939. The summed E-state index contributed by atoms with van der Waals surface area (Å²) in [6.45, 7) is 3.43. The molecule has 5 nitrogen and oxygen atoms in total. The Labute approximate surface area is 81.7 Å².